The summed E-state index contributed by atoms with van der Waals surface area (Å²) in [6, 6.07) is 13.0. The number of hydrogen-bond donors (Lipinski definition) is 2. The van der Waals surface area contributed by atoms with Crippen LogP contribution in [-0.2, 0) is 14.8 Å². The molecule has 0 spiro atoms. The Morgan fingerprint density at radius 2 is 1.55 bits per heavy atom. The van der Waals surface area contributed by atoms with Gasteiger partial charge in [0.05, 0.1) is 11.5 Å². The summed E-state index contributed by atoms with van der Waals surface area (Å²) in [5, 5.41) is 9.24. The van der Waals surface area contributed by atoms with Gasteiger partial charge in [-0.15, -0.1) is 0 Å². The van der Waals surface area contributed by atoms with E-state index in [-0.39, 0.29) is 10.8 Å². The number of rotatable bonds is 9. The molecule has 168 valence electrons. The Balaban J connectivity index is 1.64. The Bertz CT molecular complexity index is 962. The number of ether oxygens (including phenoxy) is 1. The van der Waals surface area contributed by atoms with E-state index in [0.717, 1.165) is 23.5 Å². The molecule has 2 aromatic carbocycles. The number of carboxylic acid groups (broad SMARTS) is 1. The van der Waals surface area contributed by atoms with E-state index in [2.05, 4.69) is 4.72 Å². The Labute approximate surface area is 184 Å². The standard InChI is InChI=1S/C24H31NO5S/c1-17(2)23(24(26)27)25-31(28,29)22-14-10-20(11-15-22)19-8-12-21(13-9-19)30-16-18-6-4-3-5-7-18/h8-15,17-18,23,25H,3-7,16H2,1-2H3,(H,26,27)/t23-/m1/s1. The third-order valence-corrected chi connectivity index (χ3v) is 7.23. The van der Waals surface area contributed by atoms with Crippen LogP contribution in [0.25, 0.3) is 11.1 Å². The van der Waals surface area contributed by atoms with Crippen molar-refractivity contribution < 1.29 is 23.1 Å². The van der Waals surface area contributed by atoms with E-state index in [4.69, 9.17) is 4.74 Å². The van der Waals surface area contributed by atoms with Gasteiger partial charge in [0.25, 0.3) is 0 Å². The van der Waals surface area contributed by atoms with Crippen LogP contribution in [-0.4, -0.2) is 32.1 Å². The quantitative estimate of drug-likeness (QED) is 0.584. The molecule has 6 nitrogen and oxygen atoms in total. The number of hydrogen-bond acceptors (Lipinski definition) is 4. The van der Waals surface area contributed by atoms with Gasteiger partial charge in [-0.25, -0.2) is 8.42 Å². The average Bonchev–Trinajstić information content (AvgIpc) is 2.77. The number of carbonyl (C=O) groups is 1. The number of benzene rings is 2. The number of sulfonamides is 1. The highest BCUT2D eigenvalue weighted by atomic mass is 32.2. The van der Waals surface area contributed by atoms with Gasteiger partial charge in [0, 0.05) is 0 Å². The summed E-state index contributed by atoms with van der Waals surface area (Å²) in [6.07, 6.45) is 6.41. The van der Waals surface area contributed by atoms with Crippen molar-refractivity contribution in [2.75, 3.05) is 6.61 Å². The highest BCUT2D eigenvalue weighted by molar-refractivity contribution is 7.89. The topological polar surface area (TPSA) is 92.7 Å². The Hall–Kier alpha value is -2.38. The fourth-order valence-corrected chi connectivity index (χ4v) is 5.18. The molecule has 0 heterocycles. The molecule has 1 aliphatic carbocycles. The van der Waals surface area contributed by atoms with Gasteiger partial charge in [-0.2, -0.15) is 4.72 Å². The molecule has 1 fully saturated rings. The zero-order valence-electron chi connectivity index (χ0n) is 18.1. The second kappa shape index (κ2) is 10.3. The first-order valence-electron chi connectivity index (χ1n) is 10.8. The first-order valence-corrected chi connectivity index (χ1v) is 12.3. The molecule has 31 heavy (non-hydrogen) atoms. The molecule has 0 aromatic heterocycles. The number of nitrogens with one attached hydrogen (secondary N) is 1. The molecule has 2 N–H and O–H groups in total. The molecule has 0 bridgehead atoms. The van der Waals surface area contributed by atoms with Gasteiger partial charge in [-0.05, 0) is 60.1 Å². The van der Waals surface area contributed by atoms with Crippen LogP contribution in [0.3, 0.4) is 0 Å². The van der Waals surface area contributed by atoms with Crippen LogP contribution < -0.4 is 9.46 Å². The molecule has 3 rings (SSSR count). The van der Waals surface area contributed by atoms with E-state index in [9.17, 15) is 18.3 Å². The zero-order valence-corrected chi connectivity index (χ0v) is 18.9. The lowest BCUT2D eigenvalue weighted by atomic mass is 9.90. The van der Waals surface area contributed by atoms with Gasteiger partial charge in [0.15, 0.2) is 0 Å². The Morgan fingerprint density at radius 1 is 1.00 bits per heavy atom. The van der Waals surface area contributed by atoms with E-state index in [1.165, 1.54) is 44.2 Å². The summed E-state index contributed by atoms with van der Waals surface area (Å²) in [4.78, 5) is 11.4. The van der Waals surface area contributed by atoms with Crippen molar-refractivity contribution in [1.29, 1.82) is 0 Å². The third-order valence-electron chi connectivity index (χ3n) is 5.78. The lowest BCUT2D eigenvalue weighted by molar-refractivity contribution is -0.140. The van der Waals surface area contributed by atoms with Crippen molar-refractivity contribution in [2.45, 2.75) is 56.9 Å². The van der Waals surface area contributed by atoms with Gasteiger partial charge in [-0.1, -0.05) is 57.4 Å². The lowest BCUT2D eigenvalue weighted by Crippen LogP contribution is -2.44. The smallest absolute Gasteiger partial charge is 0.322 e. The molecule has 0 aliphatic heterocycles. The SMILES string of the molecule is CC(C)[C@@H](NS(=O)(=O)c1ccc(-c2ccc(OCC3CCCCC3)cc2)cc1)C(=O)O. The van der Waals surface area contributed by atoms with Crippen LogP contribution in [0.1, 0.15) is 46.0 Å². The fraction of sp³-hybridized carbons (Fsp3) is 0.458. The van der Waals surface area contributed by atoms with E-state index in [1.54, 1.807) is 26.0 Å². The summed E-state index contributed by atoms with van der Waals surface area (Å²) < 4.78 is 33.3. The first-order chi connectivity index (χ1) is 14.8. The van der Waals surface area contributed by atoms with Crippen LogP contribution in [0.4, 0.5) is 0 Å². The van der Waals surface area contributed by atoms with Crippen LogP contribution in [0.15, 0.2) is 53.4 Å². The van der Waals surface area contributed by atoms with Crippen LogP contribution in [0.5, 0.6) is 5.75 Å². The molecule has 1 atom stereocenters. The van der Waals surface area contributed by atoms with Crippen LogP contribution >= 0.6 is 0 Å². The average molecular weight is 446 g/mol. The zero-order chi connectivity index (χ0) is 22.4. The van der Waals surface area contributed by atoms with E-state index in [0.29, 0.717) is 5.92 Å². The van der Waals surface area contributed by atoms with Crippen LogP contribution in [0, 0.1) is 11.8 Å². The highest BCUT2D eigenvalue weighted by Gasteiger charge is 2.28. The summed E-state index contributed by atoms with van der Waals surface area (Å²) in [5.74, 6) is -0.0783. The maximum atomic E-state index is 12.6. The van der Waals surface area contributed by atoms with E-state index < -0.39 is 22.0 Å². The van der Waals surface area contributed by atoms with Crippen molar-refractivity contribution in [3.05, 3.63) is 48.5 Å². The van der Waals surface area contributed by atoms with Crippen molar-refractivity contribution in [3.8, 4) is 16.9 Å². The second-order valence-corrected chi connectivity index (χ2v) is 10.3. The Morgan fingerprint density at radius 3 is 2.06 bits per heavy atom. The van der Waals surface area contributed by atoms with Gasteiger partial charge >= 0.3 is 5.97 Å². The molecule has 0 radical (unpaired) electrons. The largest absolute Gasteiger partial charge is 0.493 e. The van der Waals surface area contributed by atoms with E-state index >= 15 is 0 Å². The van der Waals surface area contributed by atoms with Crippen molar-refractivity contribution in [3.63, 3.8) is 0 Å². The summed E-state index contributed by atoms with van der Waals surface area (Å²) >= 11 is 0. The normalized spacial score (nSPS) is 16.2. The molecular weight excluding hydrogens is 414 g/mol. The van der Waals surface area contributed by atoms with Crippen LogP contribution in [0.2, 0.25) is 0 Å². The third kappa shape index (κ3) is 6.31. The predicted octanol–water partition coefficient (Wildman–Crippen LogP) is 4.70. The molecule has 2 aromatic rings. The first kappa shape index (κ1) is 23.3. The predicted molar refractivity (Wildman–Crippen MR) is 121 cm³/mol. The monoisotopic (exact) mass is 445 g/mol. The second-order valence-electron chi connectivity index (χ2n) is 8.55. The Kier molecular flexibility index (Phi) is 7.73. The minimum absolute atomic E-state index is 0.0376. The number of aliphatic carboxylic acids is 1. The van der Waals surface area contributed by atoms with Gasteiger partial charge in [-0.3, -0.25) is 4.79 Å². The molecular formula is C24H31NO5S. The van der Waals surface area contributed by atoms with Crippen molar-refractivity contribution in [2.24, 2.45) is 11.8 Å². The molecule has 1 aliphatic rings. The minimum Gasteiger partial charge on any atom is -0.493 e. The molecule has 7 heteroatoms. The summed E-state index contributed by atoms with van der Waals surface area (Å²) in [5.41, 5.74) is 1.82. The molecule has 1 saturated carbocycles. The molecule has 0 unspecified atom stereocenters. The highest BCUT2D eigenvalue weighted by Crippen LogP contribution is 2.27. The molecule has 0 saturated heterocycles. The molecule has 0 amide bonds. The van der Waals surface area contributed by atoms with Gasteiger partial charge in [0.2, 0.25) is 10.0 Å². The van der Waals surface area contributed by atoms with Crippen molar-refractivity contribution >= 4 is 16.0 Å². The van der Waals surface area contributed by atoms with Gasteiger partial charge in [0.1, 0.15) is 11.8 Å². The maximum Gasteiger partial charge on any atom is 0.322 e. The van der Waals surface area contributed by atoms with Gasteiger partial charge < -0.3 is 9.84 Å². The number of carboxylic acids is 1. The summed E-state index contributed by atoms with van der Waals surface area (Å²) in [6.45, 7) is 4.08. The minimum atomic E-state index is -3.92. The van der Waals surface area contributed by atoms with E-state index in [1.807, 2.05) is 24.3 Å². The maximum absolute atomic E-state index is 12.6. The fourth-order valence-electron chi connectivity index (χ4n) is 3.84. The lowest BCUT2D eigenvalue weighted by Gasteiger charge is -2.21. The van der Waals surface area contributed by atoms with Crippen molar-refractivity contribution in [1.82, 2.24) is 4.72 Å². The summed E-state index contributed by atoms with van der Waals surface area (Å²) in [7, 11) is -3.92.